The molecule has 0 unspecified atom stereocenters. The number of Topliss-reactive ketones (excluding diaryl/α,β-unsaturated/α-hetero) is 1. The third kappa shape index (κ3) is 5.65. The Morgan fingerprint density at radius 2 is 1.90 bits per heavy atom. The maximum absolute atomic E-state index is 11.9. The van der Waals surface area contributed by atoms with Gasteiger partial charge >= 0.3 is 5.97 Å². The second kappa shape index (κ2) is 9.67. The zero-order valence-electron chi connectivity index (χ0n) is 15.8. The number of methoxy groups -OCH3 is 1. The van der Waals surface area contributed by atoms with E-state index in [0.29, 0.717) is 17.0 Å². The average molecular weight is 476 g/mol. The number of halogens is 1. The van der Waals surface area contributed by atoms with Crippen LogP contribution in [0.25, 0.3) is 10.6 Å². The van der Waals surface area contributed by atoms with E-state index in [9.17, 15) is 9.59 Å². The monoisotopic (exact) mass is 475 g/mol. The summed E-state index contributed by atoms with van der Waals surface area (Å²) in [6.07, 6.45) is 0. The van der Waals surface area contributed by atoms with Gasteiger partial charge in [-0.15, -0.1) is 11.3 Å². The molecule has 0 atom stereocenters. The number of hydrogen-bond donors (Lipinski definition) is 0. The summed E-state index contributed by atoms with van der Waals surface area (Å²) in [4.78, 5) is 27.7. The van der Waals surface area contributed by atoms with Crippen molar-refractivity contribution in [3.05, 3.63) is 63.6 Å². The van der Waals surface area contributed by atoms with Gasteiger partial charge in [-0.05, 0) is 49.4 Å². The Kier molecular flexibility index (Phi) is 7.00. The molecular weight excluding hydrogens is 458 g/mol. The third-order valence-electron chi connectivity index (χ3n) is 3.94. The molecule has 0 saturated heterocycles. The quantitative estimate of drug-likeness (QED) is 0.340. The van der Waals surface area contributed by atoms with Crippen molar-refractivity contribution in [1.82, 2.24) is 4.98 Å². The van der Waals surface area contributed by atoms with Gasteiger partial charge in [-0.1, -0.05) is 15.9 Å². The molecule has 0 aliphatic heterocycles. The number of rotatable bonds is 8. The summed E-state index contributed by atoms with van der Waals surface area (Å²) >= 11 is 4.89. The van der Waals surface area contributed by atoms with Crippen LogP contribution in [0, 0.1) is 0 Å². The van der Waals surface area contributed by atoms with E-state index >= 15 is 0 Å². The molecule has 8 heteroatoms. The molecule has 0 aliphatic rings. The van der Waals surface area contributed by atoms with Crippen LogP contribution in [0.1, 0.15) is 23.0 Å². The molecule has 0 radical (unpaired) electrons. The molecule has 6 nitrogen and oxygen atoms in total. The lowest BCUT2D eigenvalue weighted by molar-refractivity contribution is -0.147. The number of carbonyl (C=O) groups is 2. The van der Waals surface area contributed by atoms with Crippen molar-refractivity contribution >= 4 is 39.0 Å². The lowest BCUT2D eigenvalue weighted by Crippen LogP contribution is -2.14. The molecule has 0 saturated carbocycles. The van der Waals surface area contributed by atoms with E-state index in [1.807, 2.05) is 23.6 Å². The topological polar surface area (TPSA) is 74.7 Å². The fourth-order valence-electron chi connectivity index (χ4n) is 2.47. The average Bonchev–Trinajstić information content (AvgIpc) is 3.20. The number of carbonyl (C=O) groups excluding carboxylic acids is 2. The third-order valence-corrected chi connectivity index (χ3v) is 5.36. The largest absolute Gasteiger partial charge is 0.496 e. The first-order chi connectivity index (χ1) is 14.0. The molecule has 0 bridgehead atoms. The van der Waals surface area contributed by atoms with E-state index < -0.39 is 5.97 Å². The minimum Gasteiger partial charge on any atom is -0.496 e. The van der Waals surface area contributed by atoms with E-state index in [0.717, 1.165) is 20.8 Å². The Balaban J connectivity index is 1.53. The molecule has 0 N–H and O–H groups in total. The number of esters is 1. The fraction of sp³-hybridized carbons (Fsp3) is 0.190. The number of thiazole rings is 1. The van der Waals surface area contributed by atoms with Gasteiger partial charge in [-0.3, -0.25) is 4.79 Å². The standard InChI is InChI=1S/C21H18BrNO5S/c1-13(24)14-3-6-17(7-4-14)27-11-20(25)28-10-16-12-29-21(23-16)18-9-15(22)5-8-19(18)26-2/h3-9,12H,10-11H2,1-2H3. The molecule has 150 valence electrons. The number of hydrogen-bond acceptors (Lipinski definition) is 7. The molecule has 1 heterocycles. The maximum atomic E-state index is 11.9. The van der Waals surface area contributed by atoms with Gasteiger partial charge in [0.1, 0.15) is 23.1 Å². The Bertz CT molecular complexity index is 1020. The number of benzene rings is 2. The van der Waals surface area contributed by atoms with Gasteiger partial charge in [-0.25, -0.2) is 9.78 Å². The van der Waals surface area contributed by atoms with Crippen LogP contribution < -0.4 is 9.47 Å². The first kappa shape index (κ1) is 21.0. The molecule has 0 aliphatic carbocycles. The van der Waals surface area contributed by atoms with Gasteiger partial charge in [0.05, 0.1) is 18.4 Å². The number of aromatic nitrogens is 1. The highest BCUT2D eigenvalue weighted by molar-refractivity contribution is 9.10. The van der Waals surface area contributed by atoms with Crippen molar-refractivity contribution in [2.75, 3.05) is 13.7 Å². The Labute approximate surface area is 180 Å². The summed E-state index contributed by atoms with van der Waals surface area (Å²) in [5.74, 6) is 0.675. The Morgan fingerprint density at radius 3 is 2.59 bits per heavy atom. The predicted octanol–water partition coefficient (Wildman–Crippen LogP) is 4.91. The molecule has 0 spiro atoms. The van der Waals surface area contributed by atoms with Gasteiger partial charge in [-0.2, -0.15) is 0 Å². The molecule has 1 aromatic heterocycles. The first-order valence-corrected chi connectivity index (χ1v) is 10.3. The van der Waals surface area contributed by atoms with E-state index in [-0.39, 0.29) is 19.0 Å². The van der Waals surface area contributed by atoms with Gasteiger partial charge < -0.3 is 14.2 Å². The van der Waals surface area contributed by atoms with Crippen LogP contribution in [0.2, 0.25) is 0 Å². The SMILES string of the molecule is COc1ccc(Br)cc1-c1nc(COC(=O)COc2ccc(C(C)=O)cc2)cs1. The molecular formula is C21H18BrNO5S. The first-order valence-electron chi connectivity index (χ1n) is 8.64. The Hall–Kier alpha value is -2.71. The van der Waals surface area contributed by atoms with E-state index in [2.05, 4.69) is 20.9 Å². The maximum Gasteiger partial charge on any atom is 0.344 e. The van der Waals surface area contributed by atoms with Gasteiger partial charge in [0, 0.05) is 15.4 Å². The van der Waals surface area contributed by atoms with Gasteiger partial charge in [0.25, 0.3) is 0 Å². The van der Waals surface area contributed by atoms with Crippen molar-refractivity contribution in [2.45, 2.75) is 13.5 Å². The number of ether oxygens (including phenoxy) is 3. The normalized spacial score (nSPS) is 10.4. The van der Waals surface area contributed by atoms with Crippen LogP contribution in [0.3, 0.4) is 0 Å². The summed E-state index contributed by atoms with van der Waals surface area (Å²) in [7, 11) is 1.61. The van der Waals surface area contributed by atoms with Crippen molar-refractivity contribution in [3.8, 4) is 22.1 Å². The van der Waals surface area contributed by atoms with Crippen molar-refractivity contribution in [3.63, 3.8) is 0 Å². The van der Waals surface area contributed by atoms with Crippen molar-refractivity contribution in [2.24, 2.45) is 0 Å². The molecule has 2 aromatic carbocycles. The lowest BCUT2D eigenvalue weighted by atomic mass is 10.1. The summed E-state index contributed by atoms with van der Waals surface area (Å²) < 4.78 is 16.9. The molecule has 0 fully saturated rings. The molecule has 29 heavy (non-hydrogen) atoms. The van der Waals surface area contributed by atoms with Gasteiger partial charge in [0.15, 0.2) is 12.4 Å². The Morgan fingerprint density at radius 1 is 1.14 bits per heavy atom. The van der Waals surface area contributed by atoms with E-state index in [1.165, 1.54) is 18.3 Å². The highest BCUT2D eigenvalue weighted by atomic mass is 79.9. The second-order valence-electron chi connectivity index (χ2n) is 6.02. The zero-order valence-corrected chi connectivity index (χ0v) is 18.2. The summed E-state index contributed by atoms with van der Waals surface area (Å²) in [5, 5.41) is 2.61. The molecule has 0 amide bonds. The summed E-state index contributed by atoms with van der Waals surface area (Å²) in [6.45, 7) is 1.32. The minimum absolute atomic E-state index is 0.0286. The smallest absolute Gasteiger partial charge is 0.344 e. The second-order valence-corrected chi connectivity index (χ2v) is 7.79. The van der Waals surface area contributed by atoms with E-state index in [4.69, 9.17) is 14.2 Å². The highest BCUT2D eigenvalue weighted by Gasteiger charge is 2.13. The van der Waals surface area contributed by atoms with E-state index in [1.54, 1.807) is 31.4 Å². The zero-order chi connectivity index (χ0) is 20.8. The predicted molar refractivity (Wildman–Crippen MR) is 114 cm³/mol. The molecule has 3 rings (SSSR count). The summed E-state index contributed by atoms with van der Waals surface area (Å²) in [6, 6.07) is 12.3. The molecule has 3 aromatic rings. The highest BCUT2D eigenvalue weighted by Crippen LogP contribution is 2.34. The van der Waals surface area contributed by atoms with Crippen LogP contribution in [0.4, 0.5) is 0 Å². The lowest BCUT2D eigenvalue weighted by Gasteiger charge is -2.07. The van der Waals surface area contributed by atoms with Crippen molar-refractivity contribution < 1.29 is 23.8 Å². The minimum atomic E-state index is -0.504. The van der Waals surface area contributed by atoms with Crippen LogP contribution in [-0.2, 0) is 16.1 Å². The van der Waals surface area contributed by atoms with Crippen LogP contribution in [0.15, 0.2) is 52.3 Å². The summed E-state index contributed by atoms with van der Waals surface area (Å²) in [5.41, 5.74) is 2.09. The van der Waals surface area contributed by atoms with Gasteiger partial charge in [0.2, 0.25) is 0 Å². The van der Waals surface area contributed by atoms with Crippen molar-refractivity contribution in [1.29, 1.82) is 0 Å². The number of ketones is 1. The number of nitrogens with zero attached hydrogens (tertiary/aromatic N) is 1. The van der Waals surface area contributed by atoms with Crippen LogP contribution in [0.5, 0.6) is 11.5 Å². The fourth-order valence-corrected chi connectivity index (χ4v) is 3.65. The van der Waals surface area contributed by atoms with Crippen LogP contribution in [-0.4, -0.2) is 30.5 Å². The van der Waals surface area contributed by atoms with Crippen LogP contribution >= 0.6 is 27.3 Å².